The number of hydrogen-bond acceptors (Lipinski definition) is 7. The number of carbonyl (C=O) groups is 3. The number of thioether (sulfide) groups is 1. The molecule has 1 aliphatic heterocycles. The highest BCUT2D eigenvalue weighted by Crippen LogP contribution is 2.34. The molecule has 1 saturated heterocycles. The van der Waals surface area contributed by atoms with E-state index in [1.807, 2.05) is 6.92 Å². The number of amides is 2. The van der Waals surface area contributed by atoms with Crippen LogP contribution in [0.2, 0.25) is 0 Å². The zero-order chi connectivity index (χ0) is 30.4. The van der Waals surface area contributed by atoms with E-state index >= 15 is 0 Å². The van der Waals surface area contributed by atoms with Crippen LogP contribution in [0.4, 0.5) is 28.9 Å². The van der Waals surface area contributed by atoms with Gasteiger partial charge in [-0.25, -0.2) is 27.3 Å². The number of rotatable bonds is 10. The average Bonchev–Trinajstić information content (AvgIpc) is 3.25. The van der Waals surface area contributed by atoms with Gasteiger partial charge in [-0.15, -0.1) is 0 Å². The molecule has 0 bridgehead atoms. The first-order chi connectivity index (χ1) is 20.1. The number of esters is 1. The van der Waals surface area contributed by atoms with Crippen molar-refractivity contribution in [2.45, 2.75) is 32.1 Å². The standard InChI is InChI=1S/C29H25F4N3O5S/c1-3-40-20-11-9-18(10-12-20)34-23(37)14-22-27(38)36(15-17-13-21(30)25(32)26(33)24(17)31)29(42-22)35-19-7-5-16(6-8-19)28(39)41-4-2/h5-13,22H,3-4,14-15H2,1-2H3,(H,34,37). The van der Waals surface area contributed by atoms with Crippen molar-refractivity contribution in [3.05, 3.63) is 89.0 Å². The van der Waals surface area contributed by atoms with Crippen molar-refractivity contribution < 1.29 is 41.4 Å². The summed E-state index contributed by atoms with van der Waals surface area (Å²) < 4.78 is 66.2. The molecule has 13 heteroatoms. The van der Waals surface area contributed by atoms with Crippen LogP contribution in [0.5, 0.6) is 5.75 Å². The zero-order valence-electron chi connectivity index (χ0n) is 22.5. The first kappa shape index (κ1) is 30.6. The highest BCUT2D eigenvalue weighted by Gasteiger charge is 2.40. The minimum Gasteiger partial charge on any atom is -0.494 e. The third-order valence-corrected chi connectivity index (χ3v) is 7.12. The van der Waals surface area contributed by atoms with Crippen LogP contribution in [0.15, 0.2) is 59.6 Å². The van der Waals surface area contributed by atoms with Crippen LogP contribution in [0.25, 0.3) is 0 Å². The summed E-state index contributed by atoms with van der Waals surface area (Å²) in [5, 5.41) is 1.68. The molecule has 1 aliphatic rings. The average molecular weight is 604 g/mol. The van der Waals surface area contributed by atoms with Gasteiger partial charge >= 0.3 is 5.97 Å². The lowest BCUT2D eigenvalue weighted by Gasteiger charge is -2.17. The van der Waals surface area contributed by atoms with Gasteiger partial charge in [0.05, 0.1) is 31.0 Å². The molecule has 3 aromatic carbocycles. The third kappa shape index (κ3) is 7.08. The van der Waals surface area contributed by atoms with Gasteiger partial charge < -0.3 is 14.8 Å². The maximum atomic E-state index is 14.5. The maximum Gasteiger partial charge on any atom is 0.338 e. The van der Waals surface area contributed by atoms with E-state index in [2.05, 4.69) is 10.3 Å². The minimum absolute atomic E-state index is 0.00675. The topological polar surface area (TPSA) is 97.3 Å². The molecule has 0 radical (unpaired) electrons. The van der Waals surface area contributed by atoms with Gasteiger partial charge in [-0.1, -0.05) is 11.8 Å². The molecule has 1 heterocycles. The SMILES string of the molecule is CCOC(=O)c1ccc(N=C2SC(CC(=O)Nc3ccc(OCC)cc3)C(=O)N2Cc2cc(F)c(F)c(F)c2F)cc1. The van der Waals surface area contributed by atoms with Crippen molar-refractivity contribution >= 4 is 46.1 Å². The molecule has 3 aromatic rings. The molecule has 2 amide bonds. The van der Waals surface area contributed by atoms with Crippen molar-refractivity contribution in [1.29, 1.82) is 0 Å². The quantitative estimate of drug-likeness (QED) is 0.133. The summed E-state index contributed by atoms with van der Waals surface area (Å²) in [4.78, 5) is 43.5. The largest absolute Gasteiger partial charge is 0.494 e. The number of benzene rings is 3. The second-order valence-electron chi connectivity index (χ2n) is 8.86. The molecular weight excluding hydrogens is 578 g/mol. The second kappa shape index (κ2) is 13.5. The Morgan fingerprint density at radius 2 is 1.64 bits per heavy atom. The first-order valence-electron chi connectivity index (χ1n) is 12.8. The Bertz CT molecular complexity index is 1520. The van der Waals surface area contributed by atoms with Gasteiger partial charge in [0.2, 0.25) is 11.8 Å². The highest BCUT2D eigenvalue weighted by molar-refractivity contribution is 8.15. The van der Waals surface area contributed by atoms with E-state index in [1.165, 1.54) is 24.3 Å². The Morgan fingerprint density at radius 3 is 2.29 bits per heavy atom. The Balaban J connectivity index is 1.58. The molecule has 220 valence electrons. The van der Waals surface area contributed by atoms with Crippen molar-refractivity contribution in [3.8, 4) is 5.75 Å². The third-order valence-electron chi connectivity index (χ3n) is 5.95. The number of ether oxygens (including phenoxy) is 2. The molecular formula is C29H25F4N3O5S. The highest BCUT2D eigenvalue weighted by atomic mass is 32.2. The van der Waals surface area contributed by atoms with Crippen molar-refractivity contribution in [2.75, 3.05) is 18.5 Å². The number of hydrogen-bond donors (Lipinski definition) is 1. The minimum atomic E-state index is -2.01. The molecule has 0 aromatic heterocycles. The van der Waals surface area contributed by atoms with E-state index in [0.717, 1.165) is 16.7 Å². The van der Waals surface area contributed by atoms with Crippen LogP contribution in [0.1, 0.15) is 36.2 Å². The normalized spacial score (nSPS) is 15.7. The van der Waals surface area contributed by atoms with E-state index in [1.54, 1.807) is 31.2 Å². The number of halogens is 4. The monoisotopic (exact) mass is 603 g/mol. The molecule has 1 unspecified atom stereocenters. The Labute approximate surface area is 242 Å². The molecule has 8 nitrogen and oxygen atoms in total. The van der Waals surface area contributed by atoms with E-state index in [9.17, 15) is 31.9 Å². The van der Waals surface area contributed by atoms with Crippen molar-refractivity contribution in [1.82, 2.24) is 4.90 Å². The number of amidine groups is 1. The predicted molar refractivity (Wildman–Crippen MR) is 149 cm³/mol. The van der Waals surface area contributed by atoms with Crippen LogP contribution >= 0.6 is 11.8 Å². The lowest BCUT2D eigenvalue weighted by Crippen LogP contribution is -2.33. The summed E-state index contributed by atoms with van der Waals surface area (Å²) in [6, 6.07) is 12.9. The molecule has 0 aliphatic carbocycles. The van der Waals surface area contributed by atoms with Crippen molar-refractivity contribution in [3.63, 3.8) is 0 Å². The smallest absolute Gasteiger partial charge is 0.338 e. The van der Waals surface area contributed by atoms with Gasteiger partial charge in [-0.2, -0.15) is 0 Å². The van der Waals surface area contributed by atoms with E-state index < -0.39 is 58.4 Å². The number of anilines is 1. The fourth-order valence-electron chi connectivity index (χ4n) is 3.96. The fraction of sp³-hybridized carbons (Fsp3) is 0.241. The maximum absolute atomic E-state index is 14.5. The number of nitrogens with zero attached hydrogens (tertiary/aromatic N) is 2. The van der Waals surface area contributed by atoms with Gasteiger partial charge in [0.15, 0.2) is 28.4 Å². The number of carbonyl (C=O) groups excluding carboxylic acids is 3. The van der Waals surface area contributed by atoms with E-state index in [-0.39, 0.29) is 23.8 Å². The zero-order valence-corrected chi connectivity index (χ0v) is 23.3. The van der Waals surface area contributed by atoms with Crippen LogP contribution in [0, 0.1) is 23.3 Å². The molecule has 0 spiro atoms. The molecule has 1 fully saturated rings. The van der Waals surface area contributed by atoms with Crippen LogP contribution in [-0.2, 0) is 20.9 Å². The number of nitrogens with one attached hydrogen (secondary N) is 1. The van der Waals surface area contributed by atoms with Gasteiger partial charge in [-0.05, 0) is 68.4 Å². The molecule has 1 atom stereocenters. The Kier molecular flexibility index (Phi) is 9.84. The lowest BCUT2D eigenvalue weighted by atomic mass is 10.1. The molecule has 4 rings (SSSR count). The van der Waals surface area contributed by atoms with Crippen LogP contribution < -0.4 is 10.1 Å². The predicted octanol–water partition coefficient (Wildman–Crippen LogP) is 5.98. The van der Waals surface area contributed by atoms with Gasteiger partial charge in [0.1, 0.15) is 11.0 Å². The number of aliphatic imine (C=N–C) groups is 1. The summed E-state index contributed by atoms with van der Waals surface area (Å²) in [7, 11) is 0. The van der Waals surface area contributed by atoms with Gasteiger partial charge in [-0.3, -0.25) is 14.5 Å². The molecule has 42 heavy (non-hydrogen) atoms. The lowest BCUT2D eigenvalue weighted by molar-refractivity contribution is -0.128. The van der Waals surface area contributed by atoms with Gasteiger partial charge in [0, 0.05) is 17.7 Å². The molecule has 1 N–H and O–H groups in total. The van der Waals surface area contributed by atoms with Crippen LogP contribution in [0.3, 0.4) is 0 Å². The fourth-order valence-corrected chi connectivity index (χ4v) is 5.11. The summed E-state index contributed by atoms with van der Waals surface area (Å²) in [6.45, 7) is 3.48. The summed E-state index contributed by atoms with van der Waals surface area (Å²) in [5.74, 6) is -8.36. The summed E-state index contributed by atoms with van der Waals surface area (Å²) in [5.41, 5.74) is 0.395. The summed E-state index contributed by atoms with van der Waals surface area (Å²) >= 11 is 0.895. The first-order valence-corrected chi connectivity index (χ1v) is 13.7. The Morgan fingerprint density at radius 1 is 0.952 bits per heavy atom. The summed E-state index contributed by atoms with van der Waals surface area (Å²) in [6.07, 6.45) is -0.303. The van der Waals surface area contributed by atoms with E-state index in [4.69, 9.17) is 9.47 Å². The van der Waals surface area contributed by atoms with Crippen molar-refractivity contribution in [2.24, 2.45) is 4.99 Å². The second-order valence-corrected chi connectivity index (χ2v) is 10.0. The van der Waals surface area contributed by atoms with Crippen LogP contribution in [-0.4, -0.2) is 46.3 Å². The van der Waals surface area contributed by atoms with Gasteiger partial charge in [0.25, 0.3) is 0 Å². The van der Waals surface area contributed by atoms with E-state index in [0.29, 0.717) is 29.8 Å². The Hall–Kier alpha value is -4.39. The molecule has 0 saturated carbocycles.